The Morgan fingerprint density at radius 1 is 1.05 bits per heavy atom. The van der Waals surface area contributed by atoms with Crippen molar-refractivity contribution in [2.75, 3.05) is 0 Å². The highest BCUT2D eigenvalue weighted by molar-refractivity contribution is 9.10. The monoisotopic (exact) mass is 377 g/mol. The number of hydrogen-bond acceptors (Lipinski definition) is 2. The van der Waals surface area contributed by atoms with Crippen molar-refractivity contribution in [2.45, 2.75) is 45.5 Å². The van der Waals surface area contributed by atoms with E-state index in [1.54, 1.807) is 0 Å². The zero-order valence-electron chi connectivity index (χ0n) is 14.0. The van der Waals surface area contributed by atoms with Crippen molar-refractivity contribution in [3.63, 3.8) is 0 Å². The second-order valence-corrected chi connectivity index (χ2v) is 12.7. The van der Waals surface area contributed by atoms with Crippen LogP contribution in [-0.2, 0) is 11.0 Å². The Labute approximate surface area is 143 Å². The molecule has 0 aliphatic heterocycles. The summed E-state index contributed by atoms with van der Waals surface area (Å²) in [4.78, 5) is 4.48. The molecule has 0 spiro atoms. The van der Waals surface area contributed by atoms with E-state index in [9.17, 15) is 0 Å². The van der Waals surface area contributed by atoms with Gasteiger partial charge in [-0.2, -0.15) is 0 Å². The van der Waals surface area contributed by atoms with Gasteiger partial charge in [0.05, 0.1) is 12.3 Å². The Balaban J connectivity index is 2.07. The maximum atomic E-state index is 6.26. The van der Waals surface area contributed by atoms with E-state index in [4.69, 9.17) is 4.43 Å². The SMILES string of the molecule is CC(C)(C)[Si](C)(C)OCc1ccc(-c2cccc(Br)n2)cc1. The lowest BCUT2D eigenvalue weighted by Gasteiger charge is -2.36. The van der Waals surface area contributed by atoms with E-state index in [1.807, 2.05) is 18.2 Å². The molecule has 0 aliphatic rings. The van der Waals surface area contributed by atoms with Crippen molar-refractivity contribution in [3.05, 3.63) is 52.6 Å². The Kier molecular flexibility index (Phi) is 5.25. The van der Waals surface area contributed by atoms with Crippen molar-refractivity contribution >= 4 is 24.2 Å². The third kappa shape index (κ3) is 4.28. The van der Waals surface area contributed by atoms with Gasteiger partial charge >= 0.3 is 0 Å². The van der Waals surface area contributed by atoms with Crippen LogP contribution in [0.2, 0.25) is 18.1 Å². The maximum Gasteiger partial charge on any atom is 0.192 e. The number of benzene rings is 1. The number of nitrogens with zero attached hydrogens (tertiary/aromatic N) is 1. The Morgan fingerprint density at radius 3 is 2.23 bits per heavy atom. The molecule has 0 fully saturated rings. The van der Waals surface area contributed by atoms with E-state index in [0.717, 1.165) is 15.9 Å². The third-order valence-electron chi connectivity index (χ3n) is 4.37. The first-order chi connectivity index (χ1) is 10.2. The van der Waals surface area contributed by atoms with Crippen LogP contribution < -0.4 is 0 Å². The van der Waals surface area contributed by atoms with Gasteiger partial charge in [-0.15, -0.1) is 0 Å². The van der Waals surface area contributed by atoms with Gasteiger partial charge in [-0.3, -0.25) is 0 Å². The second-order valence-electron chi connectivity index (χ2n) is 7.09. The van der Waals surface area contributed by atoms with Crippen LogP contribution in [-0.4, -0.2) is 13.3 Å². The van der Waals surface area contributed by atoms with Crippen molar-refractivity contribution in [1.82, 2.24) is 4.98 Å². The number of halogens is 1. The summed E-state index contributed by atoms with van der Waals surface area (Å²) in [7, 11) is -1.69. The summed E-state index contributed by atoms with van der Waals surface area (Å²) in [5.74, 6) is 0. The first-order valence-corrected chi connectivity index (χ1v) is 11.2. The summed E-state index contributed by atoms with van der Waals surface area (Å²) in [5.41, 5.74) is 3.31. The van der Waals surface area contributed by atoms with E-state index in [0.29, 0.717) is 6.61 Å². The van der Waals surface area contributed by atoms with E-state index in [2.05, 4.69) is 79.0 Å². The molecule has 2 nitrogen and oxygen atoms in total. The number of hydrogen-bond donors (Lipinski definition) is 0. The Bertz CT molecular complexity index is 632. The van der Waals surface area contributed by atoms with Crippen molar-refractivity contribution in [1.29, 1.82) is 0 Å². The maximum absolute atomic E-state index is 6.26. The second kappa shape index (κ2) is 6.65. The standard InChI is InChI=1S/C18H24BrNOSi/c1-18(2,3)22(4,5)21-13-14-9-11-15(12-10-14)16-7-6-8-17(19)20-16/h6-12H,13H2,1-5H3. The Morgan fingerprint density at radius 2 is 1.68 bits per heavy atom. The first kappa shape index (κ1) is 17.4. The molecular weight excluding hydrogens is 354 g/mol. The largest absolute Gasteiger partial charge is 0.413 e. The molecule has 0 aliphatic carbocycles. The highest BCUT2D eigenvalue weighted by Gasteiger charge is 2.36. The van der Waals surface area contributed by atoms with Crippen LogP contribution in [0.4, 0.5) is 0 Å². The zero-order chi connectivity index (χ0) is 16.4. The van der Waals surface area contributed by atoms with Crippen LogP contribution in [0.15, 0.2) is 47.1 Å². The van der Waals surface area contributed by atoms with Crippen LogP contribution in [0.5, 0.6) is 0 Å². The summed E-state index contributed by atoms with van der Waals surface area (Å²) >= 11 is 3.41. The molecule has 2 rings (SSSR count). The molecule has 0 N–H and O–H groups in total. The highest BCUT2D eigenvalue weighted by Crippen LogP contribution is 2.37. The van der Waals surface area contributed by atoms with E-state index in [-0.39, 0.29) is 5.04 Å². The van der Waals surface area contributed by atoms with Crippen molar-refractivity contribution < 1.29 is 4.43 Å². The summed E-state index contributed by atoms with van der Waals surface area (Å²) in [6, 6.07) is 14.4. The van der Waals surface area contributed by atoms with Gasteiger partial charge in [-0.25, -0.2) is 4.98 Å². The molecule has 1 aromatic carbocycles. The lowest BCUT2D eigenvalue weighted by molar-refractivity contribution is 0.276. The van der Waals surface area contributed by atoms with Crippen LogP contribution in [0.3, 0.4) is 0 Å². The molecule has 0 radical (unpaired) electrons. The average Bonchev–Trinajstić information content (AvgIpc) is 2.44. The van der Waals surface area contributed by atoms with Crippen molar-refractivity contribution in [3.8, 4) is 11.3 Å². The molecule has 0 bridgehead atoms. The molecule has 22 heavy (non-hydrogen) atoms. The highest BCUT2D eigenvalue weighted by atomic mass is 79.9. The van der Waals surface area contributed by atoms with E-state index in [1.165, 1.54) is 5.56 Å². The van der Waals surface area contributed by atoms with Gasteiger partial charge in [0, 0.05) is 5.56 Å². The number of rotatable bonds is 4. The van der Waals surface area contributed by atoms with Gasteiger partial charge in [0.25, 0.3) is 0 Å². The fourth-order valence-electron chi connectivity index (χ4n) is 1.82. The van der Waals surface area contributed by atoms with Gasteiger partial charge in [0.2, 0.25) is 0 Å². The molecule has 1 heterocycles. The topological polar surface area (TPSA) is 22.1 Å². The van der Waals surface area contributed by atoms with E-state index >= 15 is 0 Å². The minimum atomic E-state index is -1.69. The molecule has 1 aromatic heterocycles. The fourth-order valence-corrected chi connectivity index (χ4v) is 3.13. The van der Waals surface area contributed by atoms with Gasteiger partial charge < -0.3 is 4.43 Å². The quantitative estimate of drug-likeness (QED) is 0.478. The Hall–Kier alpha value is -0.973. The predicted molar refractivity (Wildman–Crippen MR) is 99.4 cm³/mol. The molecule has 0 atom stereocenters. The number of pyridine rings is 1. The normalized spacial score (nSPS) is 12.5. The zero-order valence-corrected chi connectivity index (χ0v) is 16.6. The summed E-state index contributed by atoms with van der Waals surface area (Å²) in [6.07, 6.45) is 0. The molecule has 0 saturated carbocycles. The molecule has 2 aromatic rings. The predicted octanol–water partition coefficient (Wildman–Crippen LogP) is 6.03. The smallest absolute Gasteiger partial charge is 0.192 e. The summed E-state index contributed by atoms with van der Waals surface area (Å²) in [5, 5.41) is 0.243. The van der Waals surface area contributed by atoms with Gasteiger partial charge in [-0.05, 0) is 51.8 Å². The molecular formula is C18H24BrNOSi. The van der Waals surface area contributed by atoms with Gasteiger partial charge in [0.1, 0.15) is 4.60 Å². The minimum absolute atomic E-state index is 0.243. The molecule has 0 amide bonds. The molecule has 4 heteroatoms. The first-order valence-electron chi connectivity index (χ1n) is 7.55. The van der Waals surface area contributed by atoms with Gasteiger partial charge in [0.15, 0.2) is 8.32 Å². The third-order valence-corrected chi connectivity index (χ3v) is 9.29. The lowest BCUT2D eigenvalue weighted by Crippen LogP contribution is -2.40. The summed E-state index contributed by atoms with van der Waals surface area (Å²) < 4.78 is 7.12. The summed E-state index contributed by atoms with van der Waals surface area (Å²) in [6.45, 7) is 12.0. The number of aromatic nitrogens is 1. The van der Waals surface area contributed by atoms with Crippen LogP contribution in [0.1, 0.15) is 26.3 Å². The average molecular weight is 378 g/mol. The van der Waals surface area contributed by atoms with Crippen LogP contribution >= 0.6 is 15.9 Å². The lowest BCUT2D eigenvalue weighted by atomic mass is 10.1. The molecule has 118 valence electrons. The minimum Gasteiger partial charge on any atom is -0.413 e. The fraction of sp³-hybridized carbons (Fsp3) is 0.389. The molecule has 0 saturated heterocycles. The molecule has 0 unspecified atom stereocenters. The van der Waals surface area contributed by atoms with Gasteiger partial charge in [-0.1, -0.05) is 51.1 Å². The van der Waals surface area contributed by atoms with Crippen molar-refractivity contribution in [2.24, 2.45) is 0 Å². The van der Waals surface area contributed by atoms with Crippen LogP contribution in [0.25, 0.3) is 11.3 Å². The van der Waals surface area contributed by atoms with Crippen LogP contribution in [0, 0.1) is 0 Å². The van der Waals surface area contributed by atoms with E-state index < -0.39 is 8.32 Å².